The molecular formula is C42H26. The zero-order valence-corrected chi connectivity index (χ0v) is 23.0. The van der Waals surface area contributed by atoms with Crippen LogP contribution >= 0.6 is 0 Å². The Balaban J connectivity index is 1.61. The summed E-state index contributed by atoms with van der Waals surface area (Å²) in [5.74, 6) is 0. The zero-order valence-electron chi connectivity index (χ0n) is 23.0. The Hall–Kier alpha value is -5.46. The largest absolute Gasteiger partial charge is 0.0622 e. The molecule has 0 aromatic heterocycles. The Labute approximate surface area is 244 Å². The minimum atomic E-state index is 1.23. The zero-order chi connectivity index (χ0) is 27.6. The lowest BCUT2D eigenvalue weighted by Gasteiger charge is -2.10. The van der Waals surface area contributed by atoms with Crippen molar-refractivity contribution in [1.82, 2.24) is 0 Å². The molecule has 0 aliphatic carbocycles. The van der Waals surface area contributed by atoms with Crippen LogP contribution in [0.2, 0.25) is 0 Å². The van der Waals surface area contributed by atoms with Gasteiger partial charge in [0.15, 0.2) is 0 Å². The maximum Gasteiger partial charge on any atom is -0.00324 e. The van der Waals surface area contributed by atoms with Gasteiger partial charge in [0.2, 0.25) is 0 Å². The molecule has 9 rings (SSSR count). The molecule has 0 heterocycles. The van der Waals surface area contributed by atoms with Crippen molar-refractivity contribution < 1.29 is 0 Å². The Bertz CT molecular complexity index is 2300. The Morgan fingerprint density at radius 2 is 0.619 bits per heavy atom. The molecule has 9 aromatic carbocycles. The summed E-state index contributed by atoms with van der Waals surface area (Å²) in [4.78, 5) is 0. The van der Waals surface area contributed by atoms with Crippen LogP contribution in [0.5, 0.6) is 0 Å². The first-order chi connectivity index (χ1) is 20.8. The van der Waals surface area contributed by atoms with Crippen LogP contribution in [0.15, 0.2) is 158 Å². The molecule has 0 nitrogen and oxygen atoms in total. The quantitative estimate of drug-likeness (QED) is 0.208. The van der Waals surface area contributed by atoms with Gasteiger partial charge in [0, 0.05) is 0 Å². The van der Waals surface area contributed by atoms with E-state index in [0.717, 1.165) is 0 Å². The van der Waals surface area contributed by atoms with Crippen LogP contribution in [0.4, 0.5) is 0 Å². The predicted molar refractivity (Wildman–Crippen MR) is 182 cm³/mol. The molecule has 0 fully saturated rings. The van der Waals surface area contributed by atoms with Crippen LogP contribution < -0.4 is 0 Å². The number of hydrogen-bond acceptors (Lipinski definition) is 0. The molecule has 9 aromatic rings. The van der Waals surface area contributed by atoms with E-state index in [4.69, 9.17) is 0 Å². The van der Waals surface area contributed by atoms with E-state index < -0.39 is 0 Å². The van der Waals surface area contributed by atoms with Gasteiger partial charge in [-0.3, -0.25) is 0 Å². The van der Waals surface area contributed by atoms with E-state index in [1.54, 1.807) is 0 Å². The van der Waals surface area contributed by atoms with Crippen molar-refractivity contribution in [2.75, 3.05) is 0 Å². The second-order valence-electron chi connectivity index (χ2n) is 11.3. The van der Waals surface area contributed by atoms with Crippen LogP contribution in [0, 0.1) is 0 Å². The summed E-state index contributed by atoms with van der Waals surface area (Å²) in [6.07, 6.45) is 0. The third-order valence-electron chi connectivity index (χ3n) is 8.96. The summed E-state index contributed by atoms with van der Waals surface area (Å²) < 4.78 is 0. The van der Waals surface area contributed by atoms with Gasteiger partial charge >= 0.3 is 0 Å². The van der Waals surface area contributed by atoms with Crippen molar-refractivity contribution in [3.8, 4) is 22.3 Å². The third kappa shape index (κ3) is 3.42. The van der Waals surface area contributed by atoms with Gasteiger partial charge < -0.3 is 0 Å². The Kier molecular flexibility index (Phi) is 5.00. The Morgan fingerprint density at radius 3 is 1.05 bits per heavy atom. The average molecular weight is 531 g/mol. The molecule has 0 unspecified atom stereocenters. The molecule has 0 saturated carbocycles. The van der Waals surface area contributed by atoms with Crippen LogP contribution in [0.25, 0.3) is 86.9 Å². The number of fused-ring (bicyclic) bond motifs is 4. The summed E-state index contributed by atoms with van der Waals surface area (Å²) in [5, 5.41) is 15.4. The van der Waals surface area contributed by atoms with E-state index in [2.05, 4.69) is 158 Å². The summed E-state index contributed by atoms with van der Waals surface area (Å²) in [5.41, 5.74) is 4.98. The SMILES string of the molecule is c1ccc(-c2cc3cccc4cccc(c5cc6c(-c7ccccc7)cc7cccc8cccc(c6cc25)c87)c43)cc1. The van der Waals surface area contributed by atoms with Gasteiger partial charge in [-0.25, -0.2) is 0 Å². The molecule has 0 bridgehead atoms. The standard InChI is InChI=1S/C42H26/c1-3-11-27(12-4-1)35-23-31-19-7-15-29-17-9-21-33(41(29)31)37-26-40-36(28-13-5-2-6-14-28)24-32-20-8-16-30-18-10-22-34(42(30)32)38(40)25-39(35)37/h1-26H. The van der Waals surface area contributed by atoms with Gasteiger partial charge in [-0.05, 0) is 111 Å². The van der Waals surface area contributed by atoms with Crippen molar-refractivity contribution >= 4 is 64.6 Å². The first kappa shape index (κ1) is 23.3. The smallest absolute Gasteiger partial charge is 0.00324 e. The second kappa shape index (κ2) is 9.03. The number of rotatable bonds is 2. The van der Waals surface area contributed by atoms with E-state index in [1.165, 1.54) is 86.9 Å². The molecule has 0 atom stereocenters. The van der Waals surface area contributed by atoms with Gasteiger partial charge in [-0.1, -0.05) is 133 Å². The summed E-state index contributed by atoms with van der Waals surface area (Å²) in [6.45, 7) is 0. The Morgan fingerprint density at radius 1 is 0.238 bits per heavy atom. The summed E-state index contributed by atoms with van der Waals surface area (Å²) in [6, 6.07) is 58.3. The molecule has 0 amide bonds. The monoisotopic (exact) mass is 530 g/mol. The van der Waals surface area contributed by atoms with Gasteiger partial charge in [0.25, 0.3) is 0 Å². The molecule has 194 valence electrons. The molecule has 0 aliphatic rings. The predicted octanol–water partition coefficient (Wildman–Crippen LogP) is 11.9. The first-order valence-electron chi connectivity index (χ1n) is 14.6. The first-order valence-corrected chi connectivity index (χ1v) is 14.6. The van der Waals surface area contributed by atoms with Crippen LogP contribution in [0.1, 0.15) is 0 Å². The van der Waals surface area contributed by atoms with E-state index >= 15 is 0 Å². The number of hydrogen-bond donors (Lipinski definition) is 0. The maximum absolute atomic E-state index is 2.47. The highest BCUT2D eigenvalue weighted by atomic mass is 14.2. The number of benzene rings is 7. The fourth-order valence-electron chi connectivity index (χ4n) is 7.10. The van der Waals surface area contributed by atoms with E-state index in [0.29, 0.717) is 0 Å². The van der Waals surface area contributed by atoms with Gasteiger partial charge in [-0.15, -0.1) is 0 Å². The highest BCUT2D eigenvalue weighted by Gasteiger charge is 2.15. The molecule has 0 saturated heterocycles. The van der Waals surface area contributed by atoms with Gasteiger partial charge in [0.05, 0.1) is 0 Å². The summed E-state index contributed by atoms with van der Waals surface area (Å²) >= 11 is 0. The summed E-state index contributed by atoms with van der Waals surface area (Å²) in [7, 11) is 0. The molecule has 0 spiro atoms. The normalized spacial score (nSPS) is 11.8. The molecule has 0 aliphatic heterocycles. The molecule has 0 N–H and O–H groups in total. The lowest BCUT2D eigenvalue weighted by atomic mass is 9.93. The van der Waals surface area contributed by atoms with Crippen molar-refractivity contribution in [3.05, 3.63) is 158 Å². The van der Waals surface area contributed by atoms with Crippen LogP contribution in [0.3, 0.4) is 0 Å². The average Bonchev–Trinajstić information content (AvgIpc) is 3.28. The van der Waals surface area contributed by atoms with Crippen molar-refractivity contribution in [3.63, 3.8) is 0 Å². The van der Waals surface area contributed by atoms with Crippen molar-refractivity contribution in [1.29, 1.82) is 0 Å². The molecular weight excluding hydrogens is 504 g/mol. The van der Waals surface area contributed by atoms with E-state index in [-0.39, 0.29) is 0 Å². The lowest BCUT2D eigenvalue weighted by molar-refractivity contribution is 1.68. The topological polar surface area (TPSA) is 0 Å². The van der Waals surface area contributed by atoms with E-state index in [9.17, 15) is 0 Å². The van der Waals surface area contributed by atoms with Crippen molar-refractivity contribution in [2.24, 2.45) is 0 Å². The van der Waals surface area contributed by atoms with Gasteiger partial charge in [-0.2, -0.15) is 0 Å². The minimum absolute atomic E-state index is 1.23. The maximum atomic E-state index is 2.47. The lowest BCUT2D eigenvalue weighted by Crippen LogP contribution is -1.83. The highest BCUT2D eigenvalue weighted by Crippen LogP contribution is 2.43. The minimum Gasteiger partial charge on any atom is -0.0622 e. The second-order valence-corrected chi connectivity index (χ2v) is 11.3. The fraction of sp³-hybridized carbons (Fsp3) is 0. The highest BCUT2D eigenvalue weighted by molar-refractivity contribution is 6.28. The van der Waals surface area contributed by atoms with Crippen LogP contribution in [-0.4, -0.2) is 0 Å². The molecule has 42 heavy (non-hydrogen) atoms. The fourth-order valence-corrected chi connectivity index (χ4v) is 7.10. The van der Waals surface area contributed by atoms with Gasteiger partial charge in [0.1, 0.15) is 0 Å². The van der Waals surface area contributed by atoms with E-state index in [1.807, 2.05) is 0 Å². The van der Waals surface area contributed by atoms with Crippen molar-refractivity contribution in [2.45, 2.75) is 0 Å². The van der Waals surface area contributed by atoms with Crippen LogP contribution in [-0.2, 0) is 0 Å². The third-order valence-corrected chi connectivity index (χ3v) is 8.96. The molecule has 0 radical (unpaired) electrons. The molecule has 0 heteroatoms.